The fourth-order valence-corrected chi connectivity index (χ4v) is 3.52. The van der Waals surface area contributed by atoms with Crippen molar-refractivity contribution in [3.8, 4) is 18.4 Å². The Morgan fingerprint density at radius 3 is 2.38 bits per heavy atom. The standard InChI is InChI=1S/C23H32N3O5P/c1-3-20-12-14-21(15-13-20)26-23(28)11-8-10-22(27)25-17-6-4-5-7-18-30-32(2,29)31-19-9-16-24/h1,12-15,29H,2,4-11,17-19H2,(H,25,27)(H,26,28). The van der Waals surface area contributed by atoms with Crippen molar-refractivity contribution in [1.82, 2.24) is 5.32 Å². The average Bonchev–Trinajstić information content (AvgIpc) is 2.76. The Hall–Kier alpha value is -2.61. The molecule has 9 heteroatoms. The van der Waals surface area contributed by atoms with Crippen molar-refractivity contribution in [3.05, 3.63) is 29.8 Å². The van der Waals surface area contributed by atoms with E-state index < -0.39 is 7.57 Å². The van der Waals surface area contributed by atoms with E-state index >= 15 is 0 Å². The summed E-state index contributed by atoms with van der Waals surface area (Å²) in [5, 5.41) is 14.1. The molecule has 174 valence electrons. The molecule has 32 heavy (non-hydrogen) atoms. The summed E-state index contributed by atoms with van der Waals surface area (Å²) in [5.74, 6) is 2.31. The van der Waals surface area contributed by atoms with E-state index in [0.717, 1.165) is 31.2 Å². The molecule has 2 amide bonds. The fraction of sp³-hybridized carbons (Fsp3) is 0.478. The number of hydrogen-bond acceptors (Lipinski definition) is 6. The van der Waals surface area contributed by atoms with Gasteiger partial charge in [-0.25, -0.2) is 0 Å². The van der Waals surface area contributed by atoms with Crippen LogP contribution < -0.4 is 10.6 Å². The minimum Gasteiger partial charge on any atom is -0.356 e. The number of anilines is 1. The van der Waals surface area contributed by atoms with Crippen LogP contribution in [0.3, 0.4) is 0 Å². The third-order valence-corrected chi connectivity index (χ3v) is 5.51. The number of benzene rings is 1. The number of unbranched alkanes of at least 4 members (excludes halogenated alkanes) is 3. The number of amides is 2. The van der Waals surface area contributed by atoms with Crippen molar-refractivity contribution in [2.75, 3.05) is 25.1 Å². The van der Waals surface area contributed by atoms with E-state index in [-0.39, 0.29) is 31.3 Å². The highest BCUT2D eigenvalue weighted by Crippen LogP contribution is 2.42. The second-order valence-corrected chi connectivity index (χ2v) is 8.89. The van der Waals surface area contributed by atoms with Crippen LogP contribution in [0.2, 0.25) is 0 Å². The number of nitrogens with zero attached hydrogens (tertiary/aromatic N) is 1. The molecule has 1 aromatic carbocycles. The number of carbonyl (C=O) groups is 2. The summed E-state index contributed by atoms with van der Waals surface area (Å²) in [7, 11) is -3.08. The molecule has 1 rings (SSSR count). The maximum absolute atomic E-state index is 11.9. The molecule has 0 aromatic heterocycles. The second kappa shape index (κ2) is 16.1. The number of carbonyl (C=O) groups excluding carboxylic acids is 2. The molecule has 1 atom stereocenters. The summed E-state index contributed by atoms with van der Waals surface area (Å²) in [6.07, 6.45) is 13.4. The molecule has 0 bridgehead atoms. The highest BCUT2D eigenvalue weighted by molar-refractivity contribution is 7.58. The molecule has 0 radical (unpaired) electrons. The Morgan fingerprint density at radius 1 is 1.03 bits per heavy atom. The monoisotopic (exact) mass is 461 g/mol. The number of rotatable bonds is 16. The minimum absolute atomic E-state index is 0.0686. The fourth-order valence-electron chi connectivity index (χ4n) is 2.66. The molecule has 8 nitrogen and oxygen atoms in total. The van der Waals surface area contributed by atoms with Crippen LogP contribution in [0.15, 0.2) is 24.3 Å². The Labute approximate surface area is 190 Å². The number of hydrogen-bond donors (Lipinski definition) is 3. The van der Waals surface area contributed by atoms with Crippen LogP contribution in [0, 0.1) is 23.7 Å². The van der Waals surface area contributed by atoms with Gasteiger partial charge in [-0.15, -0.1) is 6.42 Å². The molecule has 3 N–H and O–H groups in total. The molecule has 0 fully saturated rings. The predicted octanol–water partition coefficient (Wildman–Crippen LogP) is 3.59. The zero-order chi connectivity index (χ0) is 23.7. The summed E-state index contributed by atoms with van der Waals surface area (Å²) >= 11 is 0. The van der Waals surface area contributed by atoms with Gasteiger partial charge in [0.15, 0.2) is 0 Å². The van der Waals surface area contributed by atoms with Gasteiger partial charge in [-0.1, -0.05) is 18.8 Å². The Balaban J connectivity index is 2.00. The van der Waals surface area contributed by atoms with Gasteiger partial charge in [0.25, 0.3) is 0 Å². The SMILES string of the molecule is C#Cc1ccc(NC(=O)CCCC(=O)NCCCCCCOP(=C)(O)OCCC#N)cc1. The Bertz CT molecular complexity index is 843. The lowest BCUT2D eigenvalue weighted by Gasteiger charge is -2.17. The van der Waals surface area contributed by atoms with Gasteiger partial charge in [-0.05, 0) is 49.8 Å². The van der Waals surface area contributed by atoms with E-state index in [1.165, 1.54) is 0 Å². The lowest BCUT2D eigenvalue weighted by molar-refractivity contribution is -0.121. The summed E-state index contributed by atoms with van der Waals surface area (Å²) in [6.45, 7) is 1.02. The van der Waals surface area contributed by atoms with Crippen LogP contribution >= 0.6 is 7.57 Å². The first-order valence-corrected chi connectivity index (χ1v) is 12.4. The first-order chi connectivity index (χ1) is 15.4. The van der Waals surface area contributed by atoms with E-state index in [1.54, 1.807) is 24.3 Å². The van der Waals surface area contributed by atoms with Crippen molar-refractivity contribution in [2.45, 2.75) is 51.4 Å². The van der Waals surface area contributed by atoms with Gasteiger partial charge >= 0.3 is 0 Å². The van der Waals surface area contributed by atoms with Crippen LogP contribution in [0.25, 0.3) is 0 Å². The first kappa shape index (κ1) is 27.4. The van der Waals surface area contributed by atoms with Crippen molar-refractivity contribution in [1.29, 1.82) is 5.26 Å². The Kier molecular flexibility index (Phi) is 13.8. The van der Waals surface area contributed by atoms with Gasteiger partial charge in [-0.2, -0.15) is 5.26 Å². The van der Waals surface area contributed by atoms with E-state index in [1.807, 2.05) is 6.07 Å². The maximum Gasteiger partial charge on any atom is 0.248 e. The predicted molar refractivity (Wildman–Crippen MR) is 127 cm³/mol. The van der Waals surface area contributed by atoms with Gasteiger partial charge in [-0.3, -0.25) is 9.59 Å². The molecule has 0 saturated carbocycles. The van der Waals surface area contributed by atoms with Gasteiger partial charge in [0.05, 0.1) is 25.7 Å². The quantitative estimate of drug-likeness (QED) is 0.197. The molecule has 0 spiro atoms. The molecular formula is C23H32N3O5P. The maximum atomic E-state index is 11.9. The molecule has 1 aromatic rings. The summed E-state index contributed by atoms with van der Waals surface area (Å²) in [4.78, 5) is 33.6. The number of nitrogens with one attached hydrogen (secondary N) is 2. The van der Waals surface area contributed by atoms with Crippen LogP contribution in [0.4, 0.5) is 5.69 Å². The Morgan fingerprint density at radius 2 is 1.69 bits per heavy atom. The van der Waals surface area contributed by atoms with Crippen molar-refractivity contribution >= 4 is 31.4 Å². The van der Waals surface area contributed by atoms with Gasteiger partial charge in [0.2, 0.25) is 19.4 Å². The first-order valence-electron chi connectivity index (χ1n) is 10.6. The third kappa shape index (κ3) is 13.6. The minimum atomic E-state index is -3.08. The van der Waals surface area contributed by atoms with E-state index in [2.05, 4.69) is 22.9 Å². The average molecular weight is 461 g/mol. The summed E-state index contributed by atoms with van der Waals surface area (Å²) in [6, 6.07) is 8.92. The molecule has 0 aliphatic rings. The highest BCUT2D eigenvalue weighted by atomic mass is 31.2. The largest absolute Gasteiger partial charge is 0.356 e. The third-order valence-electron chi connectivity index (χ3n) is 4.34. The van der Waals surface area contributed by atoms with Crippen LogP contribution in [0.5, 0.6) is 0 Å². The molecule has 0 heterocycles. The molecular weight excluding hydrogens is 429 g/mol. The van der Waals surface area contributed by atoms with Crippen molar-refractivity contribution in [2.24, 2.45) is 0 Å². The zero-order valence-electron chi connectivity index (χ0n) is 18.3. The van der Waals surface area contributed by atoms with Crippen LogP contribution in [-0.4, -0.2) is 42.8 Å². The normalized spacial score (nSPS) is 12.2. The molecule has 0 aliphatic heterocycles. The topological polar surface area (TPSA) is 121 Å². The van der Waals surface area contributed by atoms with Crippen LogP contribution in [0.1, 0.15) is 56.9 Å². The lowest BCUT2D eigenvalue weighted by Crippen LogP contribution is -2.24. The van der Waals surface area contributed by atoms with Crippen LogP contribution in [-0.2, 0) is 18.6 Å². The number of nitriles is 1. The molecule has 0 aliphatic carbocycles. The van der Waals surface area contributed by atoms with E-state index in [9.17, 15) is 14.5 Å². The molecule has 0 saturated heterocycles. The lowest BCUT2D eigenvalue weighted by atomic mass is 10.2. The second-order valence-electron chi connectivity index (χ2n) is 7.10. The zero-order valence-corrected chi connectivity index (χ0v) is 19.2. The smallest absolute Gasteiger partial charge is 0.248 e. The van der Waals surface area contributed by atoms with Gasteiger partial charge < -0.3 is 24.6 Å². The van der Waals surface area contributed by atoms with E-state index in [4.69, 9.17) is 20.7 Å². The van der Waals surface area contributed by atoms with Crippen molar-refractivity contribution < 1.29 is 23.5 Å². The number of terminal acetylenes is 1. The summed E-state index contributed by atoms with van der Waals surface area (Å²) < 4.78 is 10.3. The van der Waals surface area contributed by atoms with Gasteiger partial charge in [0.1, 0.15) is 0 Å². The highest BCUT2D eigenvalue weighted by Gasteiger charge is 2.11. The van der Waals surface area contributed by atoms with E-state index in [0.29, 0.717) is 31.7 Å². The van der Waals surface area contributed by atoms with Crippen molar-refractivity contribution in [3.63, 3.8) is 0 Å². The summed E-state index contributed by atoms with van der Waals surface area (Å²) in [5.41, 5.74) is 1.43. The molecule has 1 unspecified atom stereocenters. The van der Waals surface area contributed by atoms with Gasteiger partial charge in [0, 0.05) is 30.6 Å².